The molecular formula is C11H12FIN2O3. The van der Waals surface area contributed by atoms with E-state index in [1.165, 1.54) is 0 Å². The van der Waals surface area contributed by atoms with Crippen molar-refractivity contribution in [3.05, 3.63) is 39.7 Å². The van der Waals surface area contributed by atoms with E-state index in [1.54, 1.807) is 0 Å². The molecule has 0 aliphatic carbocycles. The number of nitrogens with one attached hydrogen (secondary N) is 1. The maximum atomic E-state index is 12.9. The van der Waals surface area contributed by atoms with Crippen molar-refractivity contribution < 1.29 is 14.1 Å². The van der Waals surface area contributed by atoms with E-state index < -0.39 is 22.3 Å². The molecule has 0 saturated carbocycles. The summed E-state index contributed by atoms with van der Waals surface area (Å²) in [5.41, 5.74) is -0.628. The van der Waals surface area contributed by atoms with Crippen LogP contribution in [0.3, 0.4) is 0 Å². The Hall–Kier alpha value is -1.25. The van der Waals surface area contributed by atoms with Gasteiger partial charge in [-0.2, -0.15) is 0 Å². The van der Waals surface area contributed by atoms with Gasteiger partial charge < -0.3 is 5.32 Å². The highest BCUT2D eigenvalue weighted by molar-refractivity contribution is 14.1. The van der Waals surface area contributed by atoms with Crippen molar-refractivity contribution in [1.82, 2.24) is 5.32 Å². The van der Waals surface area contributed by atoms with Gasteiger partial charge in [0, 0.05) is 6.54 Å². The highest BCUT2D eigenvalue weighted by Gasteiger charge is 2.20. The van der Waals surface area contributed by atoms with E-state index >= 15 is 0 Å². The molecule has 0 heterocycles. The first kappa shape index (κ1) is 14.8. The lowest BCUT2D eigenvalue weighted by atomic mass is 10.1. The van der Waals surface area contributed by atoms with Crippen molar-refractivity contribution in [3.63, 3.8) is 0 Å². The second-order valence-electron chi connectivity index (χ2n) is 3.57. The molecule has 7 heteroatoms. The molecule has 1 N–H and O–H groups in total. The Bertz CT molecular complexity index is 454. The van der Waals surface area contributed by atoms with Gasteiger partial charge in [0.25, 0.3) is 11.6 Å². The molecule has 98 valence electrons. The number of alkyl halides is 1. The zero-order chi connectivity index (χ0) is 13.5. The number of nitro groups is 1. The molecule has 0 saturated heterocycles. The molecule has 0 aromatic heterocycles. The molecule has 0 radical (unpaired) electrons. The molecule has 0 atom stereocenters. The van der Waals surface area contributed by atoms with Crippen LogP contribution in [0.1, 0.15) is 23.2 Å². The molecule has 0 fully saturated rings. The number of benzene rings is 1. The summed E-state index contributed by atoms with van der Waals surface area (Å²) in [7, 11) is 0. The van der Waals surface area contributed by atoms with Crippen molar-refractivity contribution in [2.75, 3.05) is 11.0 Å². The van der Waals surface area contributed by atoms with Crippen molar-refractivity contribution in [2.24, 2.45) is 0 Å². The Labute approximate surface area is 117 Å². The Morgan fingerprint density at radius 1 is 1.44 bits per heavy atom. The molecule has 1 aromatic carbocycles. The van der Waals surface area contributed by atoms with Crippen molar-refractivity contribution in [2.45, 2.75) is 12.8 Å². The van der Waals surface area contributed by atoms with E-state index in [1.807, 2.05) is 0 Å². The quantitative estimate of drug-likeness (QED) is 0.277. The number of hydrogen-bond acceptors (Lipinski definition) is 3. The van der Waals surface area contributed by atoms with E-state index in [4.69, 9.17) is 0 Å². The van der Waals surface area contributed by atoms with Crippen molar-refractivity contribution >= 4 is 34.2 Å². The molecular weight excluding hydrogens is 354 g/mol. The van der Waals surface area contributed by atoms with Crippen LogP contribution in [0.5, 0.6) is 0 Å². The van der Waals surface area contributed by atoms with E-state index in [0.29, 0.717) is 6.54 Å². The van der Waals surface area contributed by atoms with E-state index in [-0.39, 0.29) is 5.56 Å². The number of amides is 1. The Balaban J connectivity index is 2.76. The number of halogens is 2. The minimum absolute atomic E-state index is 0.115. The van der Waals surface area contributed by atoms with Crippen molar-refractivity contribution in [1.29, 1.82) is 0 Å². The first-order valence-corrected chi connectivity index (χ1v) is 6.87. The number of nitrogens with zero attached hydrogens (tertiary/aromatic N) is 1. The predicted molar refractivity (Wildman–Crippen MR) is 73.5 cm³/mol. The van der Waals surface area contributed by atoms with Crippen LogP contribution in [0.25, 0.3) is 0 Å². The molecule has 5 nitrogen and oxygen atoms in total. The van der Waals surface area contributed by atoms with Gasteiger partial charge in [-0.1, -0.05) is 22.6 Å². The van der Waals surface area contributed by atoms with Gasteiger partial charge in [0.05, 0.1) is 11.0 Å². The number of unbranched alkanes of at least 4 members (excludes halogenated alkanes) is 1. The third kappa shape index (κ3) is 4.21. The standard InChI is InChI=1S/C11H12FIN2O3/c12-8-3-4-9(10(7-8)15(17)18)11(16)14-6-2-1-5-13/h3-4,7H,1-2,5-6H2,(H,14,16). The third-order valence-electron chi connectivity index (χ3n) is 2.25. The molecule has 0 bridgehead atoms. The summed E-state index contributed by atoms with van der Waals surface area (Å²) in [4.78, 5) is 21.7. The summed E-state index contributed by atoms with van der Waals surface area (Å²) in [6.07, 6.45) is 1.77. The monoisotopic (exact) mass is 366 g/mol. The summed E-state index contributed by atoms with van der Waals surface area (Å²) in [6, 6.07) is 2.91. The molecule has 18 heavy (non-hydrogen) atoms. The molecule has 0 aliphatic rings. The van der Waals surface area contributed by atoms with Gasteiger partial charge in [-0.05, 0) is 29.4 Å². The van der Waals surface area contributed by atoms with Gasteiger partial charge in [-0.3, -0.25) is 14.9 Å². The normalized spacial score (nSPS) is 10.1. The van der Waals surface area contributed by atoms with E-state index in [9.17, 15) is 19.3 Å². The lowest BCUT2D eigenvalue weighted by Gasteiger charge is -2.05. The van der Waals surface area contributed by atoms with Crippen molar-refractivity contribution in [3.8, 4) is 0 Å². The zero-order valence-electron chi connectivity index (χ0n) is 9.49. The number of hydrogen-bond donors (Lipinski definition) is 1. The van der Waals surface area contributed by atoms with Crippen LogP contribution in [0.4, 0.5) is 10.1 Å². The Morgan fingerprint density at radius 3 is 2.78 bits per heavy atom. The van der Waals surface area contributed by atoms with Crippen LogP contribution < -0.4 is 5.32 Å². The van der Waals surface area contributed by atoms with Gasteiger partial charge >= 0.3 is 0 Å². The predicted octanol–water partition coefficient (Wildman–Crippen LogP) is 2.68. The van der Waals surface area contributed by atoms with Crippen LogP contribution in [0.2, 0.25) is 0 Å². The number of carbonyl (C=O) groups excluding carboxylic acids is 1. The fraction of sp³-hybridized carbons (Fsp3) is 0.364. The van der Waals surface area contributed by atoms with Gasteiger partial charge in [0.15, 0.2) is 0 Å². The minimum Gasteiger partial charge on any atom is -0.352 e. The Morgan fingerprint density at radius 2 is 2.17 bits per heavy atom. The van der Waals surface area contributed by atoms with E-state index in [0.717, 1.165) is 35.5 Å². The fourth-order valence-electron chi connectivity index (χ4n) is 1.36. The second-order valence-corrected chi connectivity index (χ2v) is 4.65. The average Bonchev–Trinajstić information content (AvgIpc) is 2.34. The van der Waals surface area contributed by atoms with Crippen LogP contribution in [-0.2, 0) is 0 Å². The summed E-state index contributed by atoms with van der Waals surface area (Å²) >= 11 is 2.23. The molecule has 1 rings (SSSR count). The van der Waals surface area contributed by atoms with Crippen LogP contribution in [-0.4, -0.2) is 21.8 Å². The smallest absolute Gasteiger partial charge is 0.285 e. The first-order chi connectivity index (χ1) is 8.56. The maximum Gasteiger partial charge on any atom is 0.285 e. The number of rotatable bonds is 6. The minimum atomic E-state index is -0.761. The summed E-state index contributed by atoms with van der Waals surface area (Å²) in [5, 5.41) is 13.3. The second kappa shape index (κ2) is 7.24. The third-order valence-corrected chi connectivity index (χ3v) is 3.01. The van der Waals surface area contributed by atoms with Gasteiger partial charge in [0.1, 0.15) is 11.4 Å². The summed E-state index contributed by atoms with van der Waals surface area (Å²) in [6.45, 7) is 0.455. The Kier molecular flexibility index (Phi) is 5.96. The zero-order valence-corrected chi connectivity index (χ0v) is 11.6. The van der Waals surface area contributed by atoms with E-state index in [2.05, 4.69) is 27.9 Å². The number of nitro benzene ring substituents is 1. The highest BCUT2D eigenvalue weighted by atomic mass is 127. The number of carbonyl (C=O) groups is 1. The maximum absolute atomic E-state index is 12.9. The van der Waals surface area contributed by atoms with Crippen LogP contribution in [0, 0.1) is 15.9 Å². The summed E-state index contributed by atoms with van der Waals surface area (Å²) in [5.74, 6) is -1.28. The van der Waals surface area contributed by atoms with Gasteiger partial charge in [-0.25, -0.2) is 4.39 Å². The lowest BCUT2D eigenvalue weighted by Crippen LogP contribution is -2.25. The van der Waals surface area contributed by atoms with Gasteiger partial charge in [0.2, 0.25) is 0 Å². The SMILES string of the molecule is O=C(NCCCCI)c1ccc(F)cc1[N+](=O)[O-]. The van der Waals surface area contributed by atoms with Crippen LogP contribution >= 0.6 is 22.6 Å². The largest absolute Gasteiger partial charge is 0.352 e. The topological polar surface area (TPSA) is 72.2 Å². The molecule has 1 amide bonds. The summed E-state index contributed by atoms with van der Waals surface area (Å²) < 4.78 is 13.9. The molecule has 0 unspecified atom stereocenters. The average molecular weight is 366 g/mol. The van der Waals surface area contributed by atoms with Crippen LogP contribution in [0.15, 0.2) is 18.2 Å². The van der Waals surface area contributed by atoms with Gasteiger partial charge in [-0.15, -0.1) is 0 Å². The lowest BCUT2D eigenvalue weighted by molar-refractivity contribution is -0.385. The molecule has 0 spiro atoms. The first-order valence-electron chi connectivity index (χ1n) is 5.34. The molecule has 0 aliphatic heterocycles. The highest BCUT2D eigenvalue weighted by Crippen LogP contribution is 2.19. The fourth-order valence-corrected chi connectivity index (χ4v) is 1.90. The molecule has 1 aromatic rings.